The molecule has 6 rings (SSSR count). The number of guanidine groups is 1. The van der Waals surface area contributed by atoms with Gasteiger partial charge >= 0.3 is 0 Å². The first-order valence-corrected chi connectivity index (χ1v) is 13.4. The van der Waals surface area contributed by atoms with Crippen LogP contribution in [0.2, 0.25) is 10.0 Å². The van der Waals surface area contributed by atoms with E-state index in [1.165, 1.54) is 10.6 Å². The monoisotopic (exact) mass is 550 g/mol. The molecule has 0 saturated carbocycles. The molecule has 1 unspecified atom stereocenters. The van der Waals surface area contributed by atoms with Gasteiger partial charge in [-0.1, -0.05) is 29.3 Å². The highest BCUT2D eigenvalue weighted by molar-refractivity contribution is 6.43. The molecule has 11 heteroatoms. The van der Waals surface area contributed by atoms with Gasteiger partial charge in [0.05, 0.1) is 22.3 Å². The molecular weight excluding hydrogens is 523 g/mol. The zero-order valence-corrected chi connectivity index (χ0v) is 22.9. The fraction of sp³-hybridized carbons (Fsp3) is 0.333. The number of benzene rings is 2. The zero-order chi connectivity index (χ0) is 26.6. The lowest BCUT2D eigenvalue weighted by atomic mass is 10.1. The van der Waals surface area contributed by atoms with Crippen LogP contribution in [0.3, 0.4) is 0 Å². The summed E-state index contributed by atoms with van der Waals surface area (Å²) in [5.41, 5.74) is 2.83. The number of likely N-dealkylation sites (N-methyl/N-ethyl adjacent to an activating group) is 1. The Hall–Kier alpha value is -3.40. The van der Waals surface area contributed by atoms with E-state index < -0.39 is 0 Å². The molecular formula is C27H28Cl2N8O. The van der Waals surface area contributed by atoms with Crippen LogP contribution >= 0.6 is 23.2 Å². The van der Waals surface area contributed by atoms with E-state index in [1.54, 1.807) is 24.4 Å². The lowest BCUT2D eigenvalue weighted by Gasteiger charge is -2.43. The number of hydrogen-bond acceptors (Lipinski definition) is 8. The minimum absolute atomic E-state index is 0.321. The first-order chi connectivity index (χ1) is 18.3. The van der Waals surface area contributed by atoms with Gasteiger partial charge in [0.2, 0.25) is 11.9 Å². The summed E-state index contributed by atoms with van der Waals surface area (Å²) in [6.07, 6.45) is 1.54. The summed E-state index contributed by atoms with van der Waals surface area (Å²) in [4.78, 5) is 35.5. The van der Waals surface area contributed by atoms with Crippen LogP contribution in [0.5, 0.6) is 0 Å². The number of aromatic nitrogens is 2. The molecule has 2 aromatic carbocycles. The molecule has 2 atom stereocenters. The second-order valence-electron chi connectivity index (χ2n) is 9.92. The standard InChI is InChI=1S/C27H28Cl2N8O/c1-16-14-35(15-17(2)34(16)3)19-9-7-18(8-10-19)32-26-31-13-20-24(33-26)36-12-11-30-27(36)37(25(20)38)23-21(28)5-4-6-22(23)29/h4-10,13,16-17H,11-12,14-15H2,1-3H3,(H,31,32,33)/t16-,17?/m0/s1. The van der Waals surface area contributed by atoms with E-state index in [0.717, 1.165) is 18.8 Å². The Bertz CT molecular complexity index is 1400. The maximum Gasteiger partial charge on any atom is 0.270 e. The third kappa shape index (κ3) is 4.24. The molecule has 9 nitrogen and oxygen atoms in total. The molecule has 3 aliphatic rings. The Morgan fingerprint density at radius 3 is 2.37 bits per heavy atom. The van der Waals surface area contributed by atoms with Crippen molar-refractivity contribution >= 4 is 63.9 Å². The third-order valence-electron chi connectivity index (χ3n) is 7.49. The highest BCUT2D eigenvalue weighted by Crippen LogP contribution is 2.39. The molecule has 3 aromatic rings. The van der Waals surface area contributed by atoms with E-state index >= 15 is 0 Å². The van der Waals surface area contributed by atoms with Crippen LogP contribution in [-0.2, 0) is 0 Å². The molecule has 0 spiro atoms. The average molecular weight is 551 g/mol. The molecule has 0 aliphatic carbocycles. The van der Waals surface area contributed by atoms with Gasteiger partial charge in [-0.05, 0) is 57.3 Å². The first kappa shape index (κ1) is 24.9. The van der Waals surface area contributed by atoms with Crippen molar-refractivity contribution in [2.24, 2.45) is 4.99 Å². The Balaban J connectivity index is 1.25. The van der Waals surface area contributed by atoms with Crippen LogP contribution in [0.1, 0.15) is 24.2 Å². The van der Waals surface area contributed by atoms with Gasteiger partial charge in [-0.15, -0.1) is 0 Å². The number of aliphatic imine (C=N–C) groups is 1. The Morgan fingerprint density at radius 1 is 1.00 bits per heavy atom. The second kappa shape index (κ2) is 9.72. The van der Waals surface area contributed by atoms with Gasteiger partial charge in [0.1, 0.15) is 5.56 Å². The minimum atomic E-state index is -0.321. The van der Waals surface area contributed by atoms with E-state index in [1.807, 2.05) is 17.0 Å². The van der Waals surface area contributed by atoms with Gasteiger partial charge in [0, 0.05) is 49.3 Å². The van der Waals surface area contributed by atoms with Crippen LogP contribution in [0.4, 0.5) is 28.8 Å². The number of fused-ring (bicyclic) bond motifs is 3. The normalized spacial score (nSPS) is 21.3. The number of para-hydroxylation sites is 1. The summed E-state index contributed by atoms with van der Waals surface area (Å²) in [5.74, 6) is 1.06. The molecule has 0 radical (unpaired) electrons. The van der Waals surface area contributed by atoms with Crippen molar-refractivity contribution in [2.75, 3.05) is 53.2 Å². The van der Waals surface area contributed by atoms with Crippen LogP contribution in [0, 0.1) is 0 Å². The van der Waals surface area contributed by atoms with E-state index in [-0.39, 0.29) is 5.91 Å². The van der Waals surface area contributed by atoms with Crippen molar-refractivity contribution in [3.8, 4) is 0 Å². The number of piperazine rings is 1. The van der Waals surface area contributed by atoms with Crippen LogP contribution in [0.15, 0.2) is 53.7 Å². The van der Waals surface area contributed by atoms with Crippen molar-refractivity contribution in [3.05, 3.63) is 64.3 Å². The molecule has 1 saturated heterocycles. The lowest BCUT2D eigenvalue weighted by Crippen LogP contribution is -2.55. The molecule has 1 fully saturated rings. The van der Waals surface area contributed by atoms with E-state index in [0.29, 0.717) is 64.2 Å². The fourth-order valence-corrected chi connectivity index (χ4v) is 5.80. The summed E-state index contributed by atoms with van der Waals surface area (Å²) in [6, 6.07) is 14.4. The molecule has 196 valence electrons. The maximum absolute atomic E-state index is 13.6. The predicted octanol–water partition coefficient (Wildman–Crippen LogP) is 4.89. The summed E-state index contributed by atoms with van der Waals surface area (Å²) in [6.45, 7) is 7.61. The summed E-state index contributed by atoms with van der Waals surface area (Å²) in [5, 5.41) is 4.02. The van der Waals surface area contributed by atoms with E-state index in [2.05, 4.69) is 58.1 Å². The number of nitrogens with one attached hydrogen (secondary N) is 1. The van der Waals surface area contributed by atoms with E-state index in [4.69, 9.17) is 28.2 Å². The molecule has 1 amide bonds. The summed E-state index contributed by atoms with van der Waals surface area (Å²) in [7, 11) is 2.19. The number of anilines is 5. The molecule has 38 heavy (non-hydrogen) atoms. The number of carbonyl (C=O) groups is 1. The highest BCUT2D eigenvalue weighted by Gasteiger charge is 2.41. The summed E-state index contributed by atoms with van der Waals surface area (Å²) < 4.78 is 0. The van der Waals surface area contributed by atoms with Crippen molar-refractivity contribution in [1.29, 1.82) is 0 Å². The van der Waals surface area contributed by atoms with Crippen molar-refractivity contribution in [2.45, 2.75) is 25.9 Å². The van der Waals surface area contributed by atoms with Crippen molar-refractivity contribution in [3.63, 3.8) is 0 Å². The Kier molecular flexibility index (Phi) is 6.37. The summed E-state index contributed by atoms with van der Waals surface area (Å²) >= 11 is 12.9. The zero-order valence-electron chi connectivity index (χ0n) is 21.4. The number of carbonyl (C=O) groups excluding carboxylic acids is 1. The van der Waals surface area contributed by atoms with Crippen molar-refractivity contribution in [1.82, 2.24) is 14.9 Å². The third-order valence-corrected chi connectivity index (χ3v) is 8.10. The van der Waals surface area contributed by atoms with E-state index in [9.17, 15) is 4.79 Å². The first-order valence-electron chi connectivity index (χ1n) is 12.6. The molecule has 4 heterocycles. The largest absolute Gasteiger partial charge is 0.368 e. The number of rotatable bonds is 4. The second-order valence-corrected chi connectivity index (χ2v) is 10.7. The molecule has 0 bridgehead atoms. The minimum Gasteiger partial charge on any atom is -0.368 e. The van der Waals surface area contributed by atoms with Gasteiger partial charge in [0.15, 0.2) is 5.82 Å². The number of hydrogen-bond donors (Lipinski definition) is 1. The number of nitrogens with zero attached hydrogens (tertiary/aromatic N) is 7. The van der Waals surface area contributed by atoms with Gasteiger partial charge < -0.3 is 10.2 Å². The SMILES string of the molecule is CC1CN(c2ccc(Nc3ncc4c(n3)N3CCN=C3N(c3c(Cl)cccc3Cl)C4=O)cc2)C[C@H](C)N1C. The predicted molar refractivity (Wildman–Crippen MR) is 154 cm³/mol. The topological polar surface area (TPSA) is 80.2 Å². The fourth-order valence-electron chi connectivity index (χ4n) is 5.23. The highest BCUT2D eigenvalue weighted by atomic mass is 35.5. The molecule has 1 N–H and O–H groups in total. The Labute approximate surface area is 231 Å². The van der Waals surface area contributed by atoms with Gasteiger partial charge in [-0.25, -0.2) is 9.88 Å². The number of halogens is 2. The number of amides is 1. The average Bonchev–Trinajstić information content (AvgIpc) is 3.39. The van der Waals surface area contributed by atoms with Crippen LogP contribution in [0.25, 0.3) is 0 Å². The van der Waals surface area contributed by atoms with Gasteiger partial charge in [-0.2, -0.15) is 4.98 Å². The smallest absolute Gasteiger partial charge is 0.270 e. The van der Waals surface area contributed by atoms with Gasteiger partial charge in [-0.3, -0.25) is 19.6 Å². The van der Waals surface area contributed by atoms with Crippen LogP contribution in [-0.4, -0.2) is 72.0 Å². The van der Waals surface area contributed by atoms with Crippen molar-refractivity contribution < 1.29 is 4.79 Å². The quantitative estimate of drug-likeness (QED) is 0.495. The van der Waals surface area contributed by atoms with Gasteiger partial charge in [0.25, 0.3) is 5.91 Å². The Morgan fingerprint density at radius 2 is 1.68 bits per heavy atom. The molecule has 1 aromatic heterocycles. The molecule has 3 aliphatic heterocycles. The van der Waals surface area contributed by atoms with Crippen LogP contribution < -0.4 is 20.0 Å². The lowest BCUT2D eigenvalue weighted by molar-refractivity contribution is 0.1000. The maximum atomic E-state index is 13.6.